The van der Waals surface area contributed by atoms with Crippen LogP contribution in [-0.4, -0.2) is 51.7 Å². The Morgan fingerprint density at radius 2 is 2.12 bits per heavy atom. The van der Waals surface area contributed by atoms with E-state index >= 15 is 0 Å². The minimum atomic E-state index is -0.180. The molecule has 0 spiro atoms. The Bertz CT molecular complexity index is 735. The third kappa shape index (κ3) is 3.20. The van der Waals surface area contributed by atoms with E-state index in [0.29, 0.717) is 25.3 Å². The summed E-state index contributed by atoms with van der Waals surface area (Å²) in [6.45, 7) is 5.77. The van der Waals surface area contributed by atoms with Gasteiger partial charge in [-0.1, -0.05) is 18.2 Å². The minimum absolute atomic E-state index is 0.00526. The van der Waals surface area contributed by atoms with Crippen LogP contribution in [0.4, 0.5) is 0 Å². The normalized spacial score (nSPS) is 21.6. The smallest absolute Gasteiger partial charge is 0.103 e. The Hall–Kier alpha value is -2.20. The van der Waals surface area contributed by atoms with Gasteiger partial charge in [0.25, 0.3) is 0 Å². The average molecular weight is 326 g/mol. The zero-order valence-corrected chi connectivity index (χ0v) is 14.0. The van der Waals surface area contributed by atoms with Gasteiger partial charge in [0.1, 0.15) is 6.07 Å². The SMILES string of the molecule is Cc1nn(-c2ccccc2)c(CN2CC(CO)OCC2C)c1C#N. The molecule has 2 atom stereocenters. The fourth-order valence-electron chi connectivity index (χ4n) is 3.05. The molecular formula is C18H22N4O2. The van der Waals surface area contributed by atoms with Crippen LogP contribution in [0, 0.1) is 18.3 Å². The van der Waals surface area contributed by atoms with Crippen molar-refractivity contribution in [2.24, 2.45) is 0 Å². The van der Waals surface area contributed by atoms with E-state index < -0.39 is 0 Å². The van der Waals surface area contributed by atoms with Gasteiger partial charge in [-0.05, 0) is 26.0 Å². The molecule has 6 heteroatoms. The number of rotatable bonds is 4. The summed E-state index contributed by atoms with van der Waals surface area (Å²) in [5.74, 6) is 0. The van der Waals surface area contributed by atoms with Crippen molar-refractivity contribution in [3.8, 4) is 11.8 Å². The highest BCUT2D eigenvalue weighted by atomic mass is 16.5. The van der Waals surface area contributed by atoms with E-state index in [2.05, 4.69) is 23.0 Å². The van der Waals surface area contributed by atoms with Gasteiger partial charge in [0, 0.05) is 19.1 Å². The maximum atomic E-state index is 9.57. The highest BCUT2D eigenvalue weighted by molar-refractivity contribution is 5.43. The van der Waals surface area contributed by atoms with Crippen molar-refractivity contribution in [2.75, 3.05) is 19.8 Å². The lowest BCUT2D eigenvalue weighted by atomic mass is 10.1. The predicted molar refractivity (Wildman–Crippen MR) is 89.7 cm³/mol. The third-order valence-corrected chi connectivity index (χ3v) is 4.46. The number of hydrogen-bond acceptors (Lipinski definition) is 5. The molecule has 1 fully saturated rings. The number of ether oxygens (including phenoxy) is 1. The minimum Gasteiger partial charge on any atom is -0.394 e. The van der Waals surface area contributed by atoms with Crippen molar-refractivity contribution in [2.45, 2.75) is 32.5 Å². The van der Waals surface area contributed by atoms with Crippen molar-refractivity contribution >= 4 is 0 Å². The first-order chi connectivity index (χ1) is 11.6. The molecule has 24 heavy (non-hydrogen) atoms. The molecule has 1 aliphatic rings. The number of nitrogens with zero attached hydrogens (tertiary/aromatic N) is 4. The Morgan fingerprint density at radius 1 is 1.38 bits per heavy atom. The van der Waals surface area contributed by atoms with Crippen LogP contribution < -0.4 is 0 Å². The number of benzene rings is 1. The molecule has 1 aliphatic heterocycles. The van der Waals surface area contributed by atoms with Crippen LogP contribution in [-0.2, 0) is 11.3 Å². The van der Waals surface area contributed by atoms with E-state index in [9.17, 15) is 10.4 Å². The first kappa shape index (κ1) is 16.7. The maximum Gasteiger partial charge on any atom is 0.103 e. The molecule has 1 saturated heterocycles. The summed E-state index contributed by atoms with van der Waals surface area (Å²) in [4.78, 5) is 2.24. The second-order valence-corrected chi connectivity index (χ2v) is 6.18. The van der Waals surface area contributed by atoms with E-state index in [0.717, 1.165) is 17.1 Å². The molecule has 3 rings (SSSR count). The van der Waals surface area contributed by atoms with Crippen molar-refractivity contribution in [1.82, 2.24) is 14.7 Å². The van der Waals surface area contributed by atoms with E-state index in [-0.39, 0.29) is 18.8 Å². The number of nitriles is 1. The Labute approximate surface area is 141 Å². The molecule has 2 heterocycles. The summed E-state index contributed by atoms with van der Waals surface area (Å²) in [5.41, 5.74) is 3.18. The first-order valence-corrected chi connectivity index (χ1v) is 8.14. The zero-order chi connectivity index (χ0) is 17.1. The van der Waals surface area contributed by atoms with Gasteiger partial charge in [0.2, 0.25) is 0 Å². The molecule has 6 nitrogen and oxygen atoms in total. The van der Waals surface area contributed by atoms with Gasteiger partial charge < -0.3 is 9.84 Å². The van der Waals surface area contributed by atoms with Gasteiger partial charge in [-0.2, -0.15) is 10.4 Å². The molecule has 2 unspecified atom stereocenters. The zero-order valence-electron chi connectivity index (χ0n) is 14.0. The van der Waals surface area contributed by atoms with Crippen LogP contribution in [0.3, 0.4) is 0 Å². The number of aliphatic hydroxyl groups excluding tert-OH is 1. The fraction of sp³-hybridized carbons (Fsp3) is 0.444. The molecule has 2 aromatic rings. The van der Waals surface area contributed by atoms with Gasteiger partial charge in [-0.25, -0.2) is 4.68 Å². The van der Waals surface area contributed by atoms with E-state index in [1.54, 1.807) is 0 Å². The van der Waals surface area contributed by atoms with E-state index in [4.69, 9.17) is 4.74 Å². The number of morpholine rings is 1. The highest BCUT2D eigenvalue weighted by Gasteiger charge is 2.28. The molecule has 0 aliphatic carbocycles. The second kappa shape index (κ2) is 7.14. The molecule has 0 radical (unpaired) electrons. The number of aromatic nitrogens is 2. The van der Waals surface area contributed by atoms with E-state index in [1.807, 2.05) is 41.9 Å². The quantitative estimate of drug-likeness (QED) is 0.924. The molecule has 1 aromatic carbocycles. The number of aryl methyl sites for hydroxylation is 1. The van der Waals surface area contributed by atoms with Gasteiger partial charge >= 0.3 is 0 Å². The molecule has 0 saturated carbocycles. The van der Waals surface area contributed by atoms with Crippen molar-refractivity contribution in [1.29, 1.82) is 5.26 Å². The van der Waals surface area contributed by atoms with Crippen molar-refractivity contribution in [3.05, 3.63) is 47.3 Å². The predicted octanol–water partition coefficient (Wildman–Crippen LogP) is 1.63. The Morgan fingerprint density at radius 3 is 2.79 bits per heavy atom. The van der Waals surface area contributed by atoms with Gasteiger partial charge in [-0.15, -0.1) is 0 Å². The lowest BCUT2D eigenvalue weighted by Crippen LogP contribution is -2.49. The topological polar surface area (TPSA) is 74.3 Å². The summed E-state index contributed by atoms with van der Waals surface area (Å²) in [5, 5.41) is 23.5. The summed E-state index contributed by atoms with van der Waals surface area (Å²) in [6, 6.07) is 12.4. The first-order valence-electron chi connectivity index (χ1n) is 8.14. The number of hydrogen-bond donors (Lipinski definition) is 1. The Kier molecular flexibility index (Phi) is 4.95. The highest BCUT2D eigenvalue weighted by Crippen LogP contribution is 2.22. The van der Waals surface area contributed by atoms with Crippen molar-refractivity contribution < 1.29 is 9.84 Å². The maximum absolute atomic E-state index is 9.57. The third-order valence-electron chi connectivity index (χ3n) is 4.46. The summed E-state index contributed by atoms with van der Waals surface area (Å²) in [6.07, 6.45) is -0.180. The lowest BCUT2D eigenvalue weighted by Gasteiger charge is -2.37. The number of aliphatic hydroxyl groups is 1. The number of para-hydroxylation sites is 1. The second-order valence-electron chi connectivity index (χ2n) is 6.18. The molecule has 126 valence electrons. The molecule has 0 bridgehead atoms. The van der Waals surface area contributed by atoms with Crippen LogP contribution in [0.25, 0.3) is 5.69 Å². The van der Waals surface area contributed by atoms with Crippen LogP contribution in [0.1, 0.15) is 23.9 Å². The lowest BCUT2D eigenvalue weighted by molar-refractivity contribution is -0.0810. The summed E-state index contributed by atoms with van der Waals surface area (Å²) in [7, 11) is 0. The average Bonchev–Trinajstić information content (AvgIpc) is 2.93. The van der Waals surface area contributed by atoms with Crippen molar-refractivity contribution in [3.63, 3.8) is 0 Å². The molecular weight excluding hydrogens is 304 g/mol. The Balaban J connectivity index is 1.96. The van der Waals surface area contributed by atoms with E-state index in [1.165, 1.54) is 0 Å². The molecule has 0 amide bonds. The van der Waals surface area contributed by atoms with Gasteiger partial charge in [-0.3, -0.25) is 4.90 Å². The van der Waals surface area contributed by atoms with Crippen LogP contribution in [0.5, 0.6) is 0 Å². The standard InChI is InChI=1S/C18H22N4O2/c1-13-12-24-16(11-23)9-21(13)10-18-17(8-19)14(2)20-22(18)15-6-4-3-5-7-15/h3-7,13,16,23H,9-12H2,1-2H3. The van der Waals surface area contributed by atoms with Crippen LogP contribution in [0.2, 0.25) is 0 Å². The summed E-state index contributed by atoms with van der Waals surface area (Å²) >= 11 is 0. The summed E-state index contributed by atoms with van der Waals surface area (Å²) < 4.78 is 7.46. The fourth-order valence-corrected chi connectivity index (χ4v) is 3.05. The largest absolute Gasteiger partial charge is 0.394 e. The van der Waals surface area contributed by atoms with Gasteiger partial charge in [0.05, 0.1) is 42.0 Å². The van der Waals surface area contributed by atoms with Crippen LogP contribution >= 0.6 is 0 Å². The molecule has 1 N–H and O–H groups in total. The molecule has 1 aromatic heterocycles. The van der Waals surface area contributed by atoms with Gasteiger partial charge in [0.15, 0.2) is 0 Å². The van der Waals surface area contributed by atoms with Crippen LogP contribution in [0.15, 0.2) is 30.3 Å². The monoisotopic (exact) mass is 326 g/mol.